The first-order chi connectivity index (χ1) is 8.90. The molecule has 0 aliphatic carbocycles. The molecule has 1 atom stereocenters. The molecule has 0 aliphatic rings. The van der Waals surface area contributed by atoms with Crippen LogP contribution < -0.4 is 5.32 Å². The van der Waals surface area contributed by atoms with E-state index in [0.29, 0.717) is 5.92 Å². The average Bonchev–Trinajstić information content (AvgIpc) is 2.45. The number of nitrogens with zero attached hydrogens (tertiary/aromatic N) is 2. The summed E-state index contributed by atoms with van der Waals surface area (Å²) in [5, 5.41) is 3.42. The van der Waals surface area contributed by atoms with Gasteiger partial charge in [-0.05, 0) is 18.5 Å². The Labute approximate surface area is 108 Å². The first-order valence-electron chi connectivity index (χ1n) is 6.40. The fraction of sp³-hybridized carbons (Fsp3) is 0.333. The molecule has 0 aliphatic heterocycles. The molecule has 0 radical (unpaired) electrons. The molecule has 1 unspecified atom stereocenters. The number of benzene rings is 1. The van der Waals surface area contributed by atoms with E-state index < -0.39 is 0 Å². The molecule has 18 heavy (non-hydrogen) atoms. The second-order valence-electron chi connectivity index (χ2n) is 4.32. The van der Waals surface area contributed by atoms with Crippen LogP contribution in [0, 0.1) is 0 Å². The lowest BCUT2D eigenvalue weighted by Crippen LogP contribution is -2.23. The molecule has 3 heteroatoms. The Hall–Kier alpha value is -1.74. The molecular weight excluding hydrogens is 222 g/mol. The van der Waals surface area contributed by atoms with Crippen LogP contribution in [0.2, 0.25) is 0 Å². The zero-order chi connectivity index (χ0) is 12.6. The first kappa shape index (κ1) is 12.7. The summed E-state index contributed by atoms with van der Waals surface area (Å²) in [6.45, 7) is 4.09. The Bertz CT molecular complexity index is 442. The molecule has 1 aromatic heterocycles. The van der Waals surface area contributed by atoms with Crippen molar-refractivity contribution in [3.63, 3.8) is 0 Å². The number of aromatic nitrogens is 2. The number of hydrogen-bond donors (Lipinski definition) is 1. The highest BCUT2D eigenvalue weighted by Gasteiger charge is 2.12. The minimum atomic E-state index is 0.447. The van der Waals surface area contributed by atoms with E-state index in [9.17, 15) is 0 Å². The van der Waals surface area contributed by atoms with E-state index in [-0.39, 0.29) is 0 Å². The van der Waals surface area contributed by atoms with Crippen LogP contribution in [0.4, 0.5) is 0 Å². The van der Waals surface area contributed by atoms with Gasteiger partial charge in [-0.15, -0.1) is 0 Å². The summed E-state index contributed by atoms with van der Waals surface area (Å²) in [5.41, 5.74) is 2.40. The summed E-state index contributed by atoms with van der Waals surface area (Å²) in [7, 11) is 0. The summed E-state index contributed by atoms with van der Waals surface area (Å²) in [4.78, 5) is 8.49. The van der Waals surface area contributed by atoms with Crippen molar-refractivity contribution in [1.82, 2.24) is 15.3 Å². The van der Waals surface area contributed by atoms with Crippen molar-refractivity contribution in [1.29, 1.82) is 0 Å². The van der Waals surface area contributed by atoms with Gasteiger partial charge in [-0.3, -0.25) is 9.97 Å². The van der Waals surface area contributed by atoms with Crippen LogP contribution in [0.1, 0.15) is 24.1 Å². The molecule has 1 N–H and O–H groups in total. The van der Waals surface area contributed by atoms with Crippen LogP contribution in [0.3, 0.4) is 0 Å². The number of hydrogen-bond acceptors (Lipinski definition) is 3. The van der Waals surface area contributed by atoms with Crippen LogP contribution >= 0.6 is 0 Å². The van der Waals surface area contributed by atoms with E-state index in [1.807, 2.05) is 6.20 Å². The third-order valence-corrected chi connectivity index (χ3v) is 2.98. The van der Waals surface area contributed by atoms with E-state index in [2.05, 4.69) is 52.5 Å². The molecule has 94 valence electrons. The van der Waals surface area contributed by atoms with Crippen LogP contribution in [0.15, 0.2) is 48.9 Å². The summed E-state index contributed by atoms with van der Waals surface area (Å²) < 4.78 is 0. The molecule has 0 amide bonds. The highest BCUT2D eigenvalue weighted by atomic mass is 14.8. The van der Waals surface area contributed by atoms with E-state index in [4.69, 9.17) is 0 Å². The molecule has 0 saturated carbocycles. The molecule has 0 saturated heterocycles. The Morgan fingerprint density at radius 2 is 2.00 bits per heavy atom. The minimum Gasteiger partial charge on any atom is -0.316 e. The van der Waals surface area contributed by atoms with Gasteiger partial charge in [-0.1, -0.05) is 37.3 Å². The summed E-state index contributed by atoms with van der Waals surface area (Å²) in [6.07, 6.45) is 6.24. The Morgan fingerprint density at radius 1 is 1.17 bits per heavy atom. The first-order valence-corrected chi connectivity index (χ1v) is 6.40. The van der Waals surface area contributed by atoms with Crippen molar-refractivity contribution in [2.75, 3.05) is 13.1 Å². The standard InChI is InChI=1S/C15H19N3/c1-2-16-11-14(13-6-4-3-5-7-13)10-15-12-17-8-9-18-15/h3-9,12,14,16H,2,10-11H2,1H3. The highest BCUT2D eigenvalue weighted by molar-refractivity contribution is 5.21. The van der Waals surface area contributed by atoms with Crippen LogP contribution in [-0.4, -0.2) is 23.1 Å². The maximum atomic E-state index is 4.36. The van der Waals surface area contributed by atoms with Crippen molar-refractivity contribution in [3.05, 3.63) is 60.2 Å². The Balaban J connectivity index is 2.10. The maximum absolute atomic E-state index is 4.36. The second kappa shape index (κ2) is 6.87. The molecule has 3 nitrogen and oxygen atoms in total. The van der Waals surface area contributed by atoms with E-state index in [0.717, 1.165) is 25.2 Å². The topological polar surface area (TPSA) is 37.8 Å². The van der Waals surface area contributed by atoms with Gasteiger partial charge in [-0.2, -0.15) is 0 Å². The third kappa shape index (κ3) is 3.64. The van der Waals surface area contributed by atoms with Gasteiger partial charge in [0.25, 0.3) is 0 Å². The summed E-state index contributed by atoms with van der Waals surface area (Å²) in [5.74, 6) is 0.447. The van der Waals surface area contributed by atoms with Gasteiger partial charge < -0.3 is 5.32 Å². The van der Waals surface area contributed by atoms with Crippen LogP contribution in [0.5, 0.6) is 0 Å². The lowest BCUT2D eigenvalue weighted by atomic mass is 9.94. The predicted molar refractivity (Wildman–Crippen MR) is 73.5 cm³/mol. The van der Waals surface area contributed by atoms with Gasteiger partial charge in [0, 0.05) is 31.1 Å². The normalized spacial score (nSPS) is 12.3. The highest BCUT2D eigenvalue weighted by Crippen LogP contribution is 2.18. The maximum Gasteiger partial charge on any atom is 0.0593 e. The van der Waals surface area contributed by atoms with Crippen molar-refractivity contribution in [2.45, 2.75) is 19.3 Å². The van der Waals surface area contributed by atoms with Crippen molar-refractivity contribution in [2.24, 2.45) is 0 Å². The molecule has 2 aromatic rings. The van der Waals surface area contributed by atoms with Gasteiger partial charge in [0.1, 0.15) is 0 Å². The van der Waals surface area contributed by atoms with Crippen molar-refractivity contribution in [3.8, 4) is 0 Å². The number of likely N-dealkylation sites (N-methyl/N-ethyl adjacent to an activating group) is 1. The van der Waals surface area contributed by atoms with Crippen LogP contribution in [-0.2, 0) is 6.42 Å². The lowest BCUT2D eigenvalue weighted by molar-refractivity contribution is 0.588. The largest absolute Gasteiger partial charge is 0.316 e. The van der Waals surface area contributed by atoms with Gasteiger partial charge >= 0.3 is 0 Å². The van der Waals surface area contributed by atoms with E-state index >= 15 is 0 Å². The van der Waals surface area contributed by atoms with Gasteiger partial charge in [0.15, 0.2) is 0 Å². The fourth-order valence-electron chi connectivity index (χ4n) is 2.04. The summed E-state index contributed by atoms with van der Waals surface area (Å²) >= 11 is 0. The predicted octanol–water partition coefficient (Wildman–Crippen LogP) is 2.41. The lowest BCUT2D eigenvalue weighted by Gasteiger charge is -2.17. The minimum absolute atomic E-state index is 0.447. The molecule has 1 aromatic carbocycles. The van der Waals surface area contributed by atoms with Crippen LogP contribution in [0.25, 0.3) is 0 Å². The average molecular weight is 241 g/mol. The molecule has 0 bridgehead atoms. The SMILES string of the molecule is CCNCC(Cc1cnccn1)c1ccccc1. The van der Waals surface area contributed by atoms with Crippen molar-refractivity contribution >= 4 is 0 Å². The molecule has 0 spiro atoms. The zero-order valence-corrected chi connectivity index (χ0v) is 10.7. The van der Waals surface area contributed by atoms with Gasteiger partial charge in [0.05, 0.1) is 5.69 Å². The molecular formula is C15H19N3. The summed E-state index contributed by atoms with van der Waals surface area (Å²) in [6, 6.07) is 10.6. The van der Waals surface area contributed by atoms with E-state index in [1.165, 1.54) is 5.56 Å². The van der Waals surface area contributed by atoms with Gasteiger partial charge in [0.2, 0.25) is 0 Å². The molecule has 1 heterocycles. The monoisotopic (exact) mass is 241 g/mol. The zero-order valence-electron chi connectivity index (χ0n) is 10.7. The quantitative estimate of drug-likeness (QED) is 0.844. The second-order valence-corrected chi connectivity index (χ2v) is 4.32. The van der Waals surface area contributed by atoms with Crippen molar-refractivity contribution < 1.29 is 0 Å². The molecule has 2 rings (SSSR count). The van der Waals surface area contributed by atoms with E-state index in [1.54, 1.807) is 12.4 Å². The third-order valence-electron chi connectivity index (χ3n) is 2.98. The van der Waals surface area contributed by atoms with Gasteiger partial charge in [-0.25, -0.2) is 0 Å². The number of nitrogens with one attached hydrogen (secondary N) is 1. The fourth-order valence-corrected chi connectivity index (χ4v) is 2.04. The smallest absolute Gasteiger partial charge is 0.0593 e. The molecule has 0 fully saturated rings. The Kier molecular flexibility index (Phi) is 4.85. The number of rotatable bonds is 6. The Morgan fingerprint density at radius 3 is 2.67 bits per heavy atom.